The summed E-state index contributed by atoms with van der Waals surface area (Å²) in [6.07, 6.45) is 0.969. The molecule has 20 heavy (non-hydrogen) atoms. The van der Waals surface area contributed by atoms with Crippen LogP contribution in [0.1, 0.15) is 40.4 Å². The molecule has 2 unspecified atom stereocenters. The van der Waals surface area contributed by atoms with E-state index in [1.54, 1.807) is 26.8 Å². The summed E-state index contributed by atoms with van der Waals surface area (Å²) in [4.78, 5) is 12.4. The van der Waals surface area contributed by atoms with Crippen LogP contribution < -0.4 is 5.32 Å². The van der Waals surface area contributed by atoms with Gasteiger partial charge in [-0.25, -0.2) is 8.42 Å². The molecule has 4 nitrogen and oxygen atoms in total. The van der Waals surface area contributed by atoms with Gasteiger partial charge in [-0.15, -0.1) is 0 Å². The predicted molar refractivity (Wildman–Crippen MR) is 78.7 cm³/mol. The molecule has 0 aliphatic heterocycles. The van der Waals surface area contributed by atoms with Crippen molar-refractivity contribution in [2.24, 2.45) is 5.92 Å². The van der Waals surface area contributed by atoms with Crippen molar-refractivity contribution >= 4 is 25.6 Å². The monoisotopic (exact) mass is 315 g/mol. The quantitative estimate of drug-likeness (QED) is 0.872. The van der Waals surface area contributed by atoms with Crippen molar-refractivity contribution in [1.29, 1.82) is 0 Å². The van der Waals surface area contributed by atoms with E-state index in [4.69, 9.17) is 10.7 Å². The number of carbonyl (C=O) groups is 1. The molecule has 1 aliphatic rings. The molecule has 0 bridgehead atoms. The van der Waals surface area contributed by atoms with Gasteiger partial charge in [-0.05, 0) is 49.8 Å². The van der Waals surface area contributed by atoms with Gasteiger partial charge in [0.05, 0.1) is 4.90 Å². The standard InChI is InChI=1S/C14H18ClNO3S/c1-7-6-11(7)16-14(17)12-8(2)5-9(3)13(10(12)4)20(15,18)19/h5,7,11H,6H2,1-4H3,(H,16,17). The molecule has 1 aliphatic carbocycles. The van der Waals surface area contributed by atoms with Crippen LogP contribution in [-0.2, 0) is 9.05 Å². The number of amides is 1. The summed E-state index contributed by atoms with van der Waals surface area (Å²) in [7, 11) is 1.61. The van der Waals surface area contributed by atoms with E-state index in [0.29, 0.717) is 22.6 Å². The maximum absolute atomic E-state index is 12.3. The molecule has 1 amide bonds. The Morgan fingerprint density at radius 3 is 2.30 bits per heavy atom. The van der Waals surface area contributed by atoms with E-state index in [1.165, 1.54) is 0 Å². The number of aryl methyl sites for hydroxylation is 2. The number of rotatable bonds is 3. The fourth-order valence-corrected chi connectivity index (χ4v) is 4.28. The van der Waals surface area contributed by atoms with Gasteiger partial charge in [0, 0.05) is 22.3 Å². The molecular formula is C14H18ClNO3S. The SMILES string of the molecule is Cc1cc(C)c(S(=O)(=O)Cl)c(C)c1C(=O)NC1CC1C. The second-order valence-corrected chi connectivity index (χ2v) is 8.07. The summed E-state index contributed by atoms with van der Waals surface area (Å²) in [5, 5.41) is 2.92. The van der Waals surface area contributed by atoms with Crippen molar-refractivity contribution in [3.05, 3.63) is 28.3 Å². The van der Waals surface area contributed by atoms with Crippen LogP contribution in [0.3, 0.4) is 0 Å². The van der Waals surface area contributed by atoms with E-state index in [9.17, 15) is 13.2 Å². The van der Waals surface area contributed by atoms with Gasteiger partial charge in [-0.2, -0.15) is 0 Å². The molecule has 0 radical (unpaired) electrons. The molecule has 0 aromatic heterocycles. The molecular weight excluding hydrogens is 298 g/mol. The smallest absolute Gasteiger partial charge is 0.261 e. The second-order valence-electron chi connectivity index (χ2n) is 5.57. The van der Waals surface area contributed by atoms with E-state index < -0.39 is 9.05 Å². The summed E-state index contributed by atoms with van der Waals surface area (Å²) in [5.74, 6) is 0.261. The Morgan fingerprint density at radius 2 is 1.85 bits per heavy atom. The lowest BCUT2D eigenvalue weighted by Crippen LogP contribution is -2.28. The number of hydrogen-bond acceptors (Lipinski definition) is 3. The molecule has 1 N–H and O–H groups in total. The van der Waals surface area contributed by atoms with Crippen LogP contribution in [0.15, 0.2) is 11.0 Å². The van der Waals surface area contributed by atoms with Crippen LogP contribution in [0.5, 0.6) is 0 Å². The van der Waals surface area contributed by atoms with Crippen LogP contribution >= 0.6 is 10.7 Å². The Balaban J connectivity index is 2.50. The summed E-state index contributed by atoms with van der Waals surface area (Å²) in [6, 6.07) is 1.88. The van der Waals surface area contributed by atoms with Gasteiger partial charge in [0.1, 0.15) is 0 Å². The first-order valence-corrected chi connectivity index (χ1v) is 8.80. The maximum atomic E-state index is 12.3. The van der Waals surface area contributed by atoms with E-state index >= 15 is 0 Å². The predicted octanol–water partition coefficient (Wildman–Crippen LogP) is 2.68. The zero-order valence-corrected chi connectivity index (χ0v) is 13.5. The van der Waals surface area contributed by atoms with Crippen LogP contribution in [0.25, 0.3) is 0 Å². The number of hydrogen-bond donors (Lipinski definition) is 1. The Kier molecular flexibility index (Phi) is 3.86. The highest BCUT2D eigenvalue weighted by atomic mass is 35.7. The third-order valence-electron chi connectivity index (χ3n) is 3.80. The van der Waals surface area contributed by atoms with Gasteiger partial charge in [-0.1, -0.05) is 13.0 Å². The average Bonchev–Trinajstić information content (AvgIpc) is 2.90. The fraction of sp³-hybridized carbons (Fsp3) is 0.500. The van der Waals surface area contributed by atoms with E-state index in [2.05, 4.69) is 12.2 Å². The maximum Gasteiger partial charge on any atom is 0.261 e. The zero-order valence-electron chi connectivity index (χ0n) is 12.0. The molecule has 1 fully saturated rings. The Bertz CT molecular complexity index is 682. The highest BCUT2D eigenvalue weighted by Crippen LogP contribution is 2.32. The van der Waals surface area contributed by atoms with Crippen molar-refractivity contribution in [2.45, 2.75) is 45.1 Å². The third-order valence-corrected chi connectivity index (χ3v) is 5.38. The summed E-state index contributed by atoms with van der Waals surface area (Å²) < 4.78 is 23.4. The Labute approximate surface area is 123 Å². The second kappa shape index (κ2) is 5.04. The summed E-state index contributed by atoms with van der Waals surface area (Å²) in [5.41, 5.74) is 2.15. The van der Waals surface area contributed by atoms with Gasteiger partial charge in [0.15, 0.2) is 0 Å². The first kappa shape index (κ1) is 15.3. The average molecular weight is 316 g/mol. The molecule has 0 saturated heterocycles. The van der Waals surface area contributed by atoms with Gasteiger partial charge in [0.2, 0.25) is 0 Å². The number of benzene rings is 1. The first-order chi connectivity index (χ1) is 9.12. The van der Waals surface area contributed by atoms with E-state index in [1.807, 2.05) is 0 Å². The first-order valence-electron chi connectivity index (χ1n) is 6.49. The van der Waals surface area contributed by atoms with Gasteiger partial charge >= 0.3 is 0 Å². The third kappa shape index (κ3) is 2.83. The lowest BCUT2D eigenvalue weighted by Gasteiger charge is -2.15. The molecule has 2 rings (SSSR count). The zero-order chi connectivity index (χ0) is 15.2. The van der Waals surface area contributed by atoms with E-state index in [-0.39, 0.29) is 16.8 Å². The lowest BCUT2D eigenvalue weighted by atomic mass is 9.99. The molecule has 1 saturated carbocycles. The Hall–Kier alpha value is -1.07. The molecule has 0 spiro atoms. The van der Waals surface area contributed by atoms with Crippen molar-refractivity contribution in [2.75, 3.05) is 0 Å². The molecule has 1 aromatic carbocycles. The number of nitrogens with one attached hydrogen (secondary N) is 1. The van der Waals surface area contributed by atoms with E-state index in [0.717, 1.165) is 12.0 Å². The highest BCUT2D eigenvalue weighted by molar-refractivity contribution is 8.13. The van der Waals surface area contributed by atoms with Crippen LogP contribution in [0.4, 0.5) is 0 Å². The minimum atomic E-state index is -3.87. The minimum Gasteiger partial charge on any atom is -0.349 e. The molecule has 6 heteroatoms. The normalized spacial score (nSPS) is 21.6. The van der Waals surface area contributed by atoms with Crippen molar-refractivity contribution in [1.82, 2.24) is 5.32 Å². The van der Waals surface area contributed by atoms with Gasteiger partial charge in [0.25, 0.3) is 15.0 Å². The molecule has 0 heterocycles. The summed E-state index contributed by atoms with van der Waals surface area (Å²) in [6.45, 7) is 7.17. The highest BCUT2D eigenvalue weighted by Gasteiger charge is 2.35. The van der Waals surface area contributed by atoms with Gasteiger partial charge in [-0.3, -0.25) is 4.79 Å². The molecule has 110 valence electrons. The minimum absolute atomic E-state index is 0.0405. The van der Waals surface area contributed by atoms with Crippen molar-refractivity contribution in [3.8, 4) is 0 Å². The van der Waals surface area contributed by atoms with Crippen LogP contribution in [0.2, 0.25) is 0 Å². The van der Waals surface area contributed by atoms with Crippen LogP contribution in [-0.4, -0.2) is 20.4 Å². The van der Waals surface area contributed by atoms with Crippen LogP contribution in [0, 0.1) is 26.7 Å². The number of halogens is 1. The molecule has 1 aromatic rings. The Morgan fingerprint density at radius 1 is 1.30 bits per heavy atom. The fourth-order valence-electron chi connectivity index (χ4n) is 2.66. The largest absolute Gasteiger partial charge is 0.349 e. The summed E-state index contributed by atoms with van der Waals surface area (Å²) >= 11 is 0. The van der Waals surface area contributed by atoms with Crippen molar-refractivity contribution in [3.63, 3.8) is 0 Å². The number of carbonyl (C=O) groups excluding carboxylic acids is 1. The topological polar surface area (TPSA) is 63.2 Å². The van der Waals surface area contributed by atoms with Crippen molar-refractivity contribution < 1.29 is 13.2 Å². The van der Waals surface area contributed by atoms with Gasteiger partial charge < -0.3 is 5.32 Å². The molecule has 2 atom stereocenters. The lowest BCUT2D eigenvalue weighted by molar-refractivity contribution is 0.0948.